The van der Waals surface area contributed by atoms with E-state index in [9.17, 15) is 0 Å². The molecule has 0 aliphatic carbocycles. The van der Waals surface area contributed by atoms with E-state index in [0.29, 0.717) is 0 Å². The van der Waals surface area contributed by atoms with Gasteiger partial charge in [-0.05, 0) is 44.2 Å². The largest absolute Gasteiger partial charge is 0.385 e. The molecule has 1 unspecified atom stereocenters. The molecule has 0 amide bonds. The van der Waals surface area contributed by atoms with Gasteiger partial charge >= 0.3 is 0 Å². The lowest BCUT2D eigenvalue weighted by Crippen LogP contribution is -2.24. The number of nitrogens with one attached hydrogen (secondary N) is 1. The maximum Gasteiger partial charge on any atom is 0.0462 e. The Balaban J connectivity index is 3.61. The molecule has 0 rings (SSSR count). The Morgan fingerprint density at radius 2 is 2.00 bits per heavy atom. The third-order valence-corrected chi connectivity index (χ3v) is 2.45. The number of rotatable bonds is 9. The van der Waals surface area contributed by atoms with Gasteiger partial charge in [0.05, 0.1) is 0 Å². The maximum atomic E-state index is 5.08. The summed E-state index contributed by atoms with van der Waals surface area (Å²) in [7, 11) is 1.78. The molecule has 0 aromatic carbocycles. The summed E-state index contributed by atoms with van der Waals surface area (Å²) in [5, 5.41) is 3.44. The summed E-state index contributed by atoms with van der Waals surface area (Å²) in [6.07, 6.45) is 3.81. The number of hydrogen-bond acceptors (Lipinski definition) is 2. The standard InChI is InChI=1S/C12H27NO/c1-5-13-10-12(9-11(2)3)7-6-8-14-4/h11-13H,5-10H2,1-4H3. The van der Waals surface area contributed by atoms with Gasteiger partial charge in [-0.3, -0.25) is 0 Å². The third kappa shape index (κ3) is 8.52. The first kappa shape index (κ1) is 13.9. The van der Waals surface area contributed by atoms with Crippen LogP contribution in [0.4, 0.5) is 0 Å². The molecule has 0 radical (unpaired) electrons. The summed E-state index contributed by atoms with van der Waals surface area (Å²) in [5.74, 6) is 1.63. The molecule has 0 aromatic rings. The van der Waals surface area contributed by atoms with Gasteiger partial charge in [-0.2, -0.15) is 0 Å². The zero-order valence-corrected chi connectivity index (χ0v) is 10.3. The highest BCUT2D eigenvalue weighted by atomic mass is 16.5. The predicted molar refractivity (Wildman–Crippen MR) is 62.6 cm³/mol. The molecule has 0 saturated heterocycles. The van der Waals surface area contributed by atoms with Crippen molar-refractivity contribution in [3.63, 3.8) is 0 Å². The molecular weight excluding hydrogens is 174 g/mol. The SMILES string of the molecule is CCNCC(CCCOC)CC(C)C. The van der Waals surface area contributed by atoms with Crippen molar-refractivity contribution in [2.24, 2.45) is 11.8 Å². The van der Waals surface area contributed by atoms with Gasteiger partial charge in [0.15, 0.2) is 0 Å². The molecule has 0 fully saturated rings. The van der Waals surface area contributed by atoms with E-state index in [1.165, 1.54) is 25.8 Å². The topological polar surface area (TPSA) is 21.3 Å². The highest BCUT2D eigenvalue weighted by Crippen LogP contribution is 2.16. The van der Waals surface area contributed by atoms with E-state index in [4.69, 9.17) is 4.74 Å². The molecule has 0 heterocycles. The van der Waals surface area contributed by atoms with Crippen LogP contribution in [0.1, 0.15) is 40.0 Å². The zero-order valence-electron chi connectivity index (χ0n) is 10.3. The van der Waals surface area contributed by atoms with Crippen molar-refractivity contribution in [3.05, 3.63) is 0 Å². The van der Waals surface area contributed by atoms with Gasteiger partial charge in [-0.25, -0.2) is 0 Å². The number of ether oxygens (including phenoxy) is 1. The monoisotopic (exact) mass is 201 g/mol. The predicted octanol–water partition coefficient (Wildman–Crippen LogP) is 2.68. The van der Waals surface area contributed by atoms with E-state index in [-0.39, 0.29) is 0 Å². The molecule has 0 aromatic heterocycles. The van der Waals surface area contributed by atoms with Crippen molar-refractivity contribution < 1.29 is 4.74 Å². The molecule has 0 spiro atoms. The normalized spacial score (nSPS) is 13.5. The van der Waals surface area contributed by atoms with E-state index >= 15 is 0 Å². The summed E-state index contributed by atoms with van der Waals surface area (Å²) in [6, 6.07) is 0. The van der Waals surface area contributed by atoms with Crippen LogP contribution in [0.3, 0.4) is 0 Å². The van der Waals surface area contributed by atoms with E-state index < -0.39 is 0 Å². The Hall–Kier alpha value is -0.0800. The fourth-order valence-corrected chi connectivity index (χ4v) is 1.83. The average molecular weight is 201 g/mol. The molecule has 14 heavy (non-hydrogen) atoms. The first-order valence-corrected chi connectivity index (χ1v) is 5.90. The van der Waals surface area contributed by atoms with E-state index in [2.05, 4.69) is 26.1 Å². The molecule has 1 atom stereocenters. The second-order valence-electron chi connectivity index (χ2n) is 4.44. The fraction of sp³-hybridized carbons (Fsp3) is 1.00. The average Bonchev–Trinajstić information content (AvgIpc) is 2.13. The molecule has 2 nitrogen and oxygen atoms in total. The van der Waals surface area contributed by atoms with Gasteiger partial charge in [0.2, 0.25) is 0 Å². The summed E-state index contributed by atoms with van der Waals surface area (Å²) < 4.78 is 5.08. The van der Waals surface area contributed by atoms with Crippen LogP contribution in [0.5, 0.6) is 0 Å². The van der Waals surface area contributed by atoms with Crippen LogP contribution in [0.25, 0.3) is 0 Å². The highest BCUT2D eigenvalue weighted by Gasteiger charge is 2.09. The summed E-state index contributed by atoms with van der Waals surface area (Å²) in [6.45, 7) is 9.92. The van der Waals surface area contributed by atoms with Crippen LogP contribution in [-0.4, -0.2) is 26.8 Å². The molecule has 1 N–H and O–H groups in total. The van der Waals surface area contributed by atoms with Crippen LogP contribution >= 0.6 is 0 Å². The van der Waals surface area contributed by atoms with Crippen LogP contribution in [-0.2, 0) is 4.74 Å². The Morgan fingerprint density at radius 1 is 1.29 bits per heavy atom. The van der Waals surface area contributed by atoms with E-state index in [1.54, 1.807) is 7.11 Å². The van der Waals surface area contributed by atoms with E-state index in [1.807, 2.05) is 0 Å². The summed E-state index contributed by atoms with van der Waals surface area (Å²) in [5.41, 5.74) is 0. The molecule has 86 valence electrons. The Morgan fingerprint density at radius 3 is 2.50 bits per heavy atom. The van der Waals surface area contributed by atoms with Crippen molar-refractivity contribution in [2.75, 3.05) is 26.8 Å². The molecule has 0 bridgehead atoms. The minimum atomic E-state index is 0.807. The van der Waals surface area contributed by atoms with Gasteiger partial charge in [0.25, 0.3) is 0 Å². The van der Waals surface area contributed by atoms with Crippen LogP contribution in [0.15, 0.2) is 0 Å². The third-order valence-electron chi connectivity index (χ3n) is 2.45. The van der Waals surface area contributed by atoms with Crippen LogP contribution in [0.2, 0.25) is 0 Å². The molecule has 0 aliphatic rings. The lowest BCUT2D eigenvalue weighted by atomic mass is 9.93. The van der Waals surface area contributed by atoms with Crippen molar-refractivity contribution in [3.8, 4) is 0 Å². The van der Waals surface area contributed by atoms with Gasteiger partial charge in [0, 0.05) is 13.7 Å². The van der Waals surface area contributed by atoms with Crippen molar-refractivity contribution >= 4 is 0 Å². The van der Waals surface area contributed by atoms with Crippen molar-refractivity contribution in [2.45, 2.75) is 40.0 Å². The first-order chi connectivity index (χ1) is 6.70. The van der Waals surface area contributed by atoms with Crippen LogP contribution < -0.4 is 5.32 Å². The Kier molecular flexibility index (Phi) is 9.42. The molecule has 0 saturated carbocycles. The van der Waals surface area contributed by atoms with Crippen molar-refractivity contribution in [1.29, 1.82) is 0 Å². The number of hydrogen-bond donors (Lipinski definition) is 1. The minimum Gasteiger partial charge on any atom is -0.385 e. The molecular formula is C12H27NO. The summed E-state index contributed by atoms with van der Waals surface area (Å²) >= 11 is 0. The minimum absolute atomic E-state index is 0.807. The highest BCUT2D eigenvalue weighted by molar-refractivity contribution is 4.64. The Labute approximate surface area is 89.4 Å². The smallest absolute Gasteiger partial charge is 0.0462 e. The maximum absolute atomic E-state index is 5.08. The lowest BCUT2D eigenvalue weighted by molar-refractivity contribution is 0.184. The first-order valence-electron chi connectivity index (χ1n) is 5.90. The number of methoxy groups -OCH3 is 1. The second-order valence-corrected chi connectivity index (χ2v) is 4.44. The van der Waals surface area contributed by atoms with Gasteiger partial charge < -0.3 is 10.1 Å². The van der Waals surface area contributed by atoms with Gasteiger partial charge in [0.1, 0.15) is 0 Å². The van der Waals surface area contributed by atoms with Crippen LogP contribution in [0, 0.1) is 11.8 Å². The van der Waals surface area contributed by atoms with Crippen molar-refractivity contribution in [1.82, 2.24) is 5.32 Å². The van der Waals surface area contributed by atoms with Gasteiger partial charge in [-0.15, -0.1) is 0 Å². The second kappa shape index (κ2) is 9.47. The van der Waals surface area contributed by atoms with E-state index in [0.717, 1.165) is 25.0 Å². The zero-order chi connectivity index (χ0) is 10.8. The molecule has 2 heteroatoms. The fourth-order valence-electron chi connectivity index (χ4n) is 1.83. The molecule has 0 aliphatic heterocycles. The lowest BCUT2D eigenvalue weighted by Gasteiger charge is -2.19. The van der Waals surface area contributed by atoms with Gasteiger partial charge in [-0.1, -0.05) is 20.8 Å². The quantitative estimate of drug-likeness (QED) is 0.579. The Bertz CT molecular complexity index is 115. The summed E-state index contributed by atoms with van der Waals surface area (Å²) in [4.78, 5) is 0.